The molecule has 0 saturated carbocycles. The first-order valence-corrected chi connectivity index (χ1v) is 6.65. The van der Waals surface area contributed by atoms with Crippen LogP contribution in [-0.2, 0) is 13.6 Å². The lowest BCUT2D eigenvalue weighted by atomic mass is 10.1. The van der Waals surface area contributed by atoms with E-state index in [0.717, 1.165) is 32.0 Å². The molecule has 19 heavy (non-hydrogen) atoms. The highest BCUT2D eigenvalue weighted by atomic mass is 15.3. The molecule has 1 aliphatic heterocycles. The van der Waals surface area contributed by atoms with Gasteiger partial charge in [0.15, 0.2) is 0 Å². The van der Waals surface area contributed by atoms with E-state index in [4.69, 9.17) is 0 Å². The van der Waals surface area contributed by atoms with Crippen molar-refractivity contribution in [1.29, 1.82) is 0 Å². The first kappa shape index (κ1) is 12.3. The third kappa shape index (κ3) is 2.67. The number of nitrogens with zero attached hydrogens (tertiary/aromatic N) is 4. The van der Waals surface area contributed by atoms with Crippen LogP contribution in [0.3, 0.4) is 0 Å². The molecule has 1 unspecified atom stereocenters. The van der Waals surface area contributed by atoms with Crippen molar-refractivity contribution in [3.8, 4) is 0 Å². The molecule has 0 aromatic carbocycles. The summed E-state index contributed by atoms with van der Waals surface area (Å²) in [6.45, 7) is 3.94. The highest BCUT2D eigenvalue weighted by molar-refractivity contribution is 5.10. The highest BCUT2D eigenvalue weighted by Crippen LogP contribution is 2.22. The van der Waals surface area contributed by atoms with Crippen LogP contribution in [-0.4, -0.2) is 39.1 Å². The van der Waals surface area contributed by atoms with E-state index in [9.17, 15) is 0 Å². The van der Waals surface area contributed by atoms with Crippen molar-refractivity contribution in [2.45, 2.75) is 12.6 Å². The van der Waals surface area contributed by atoms with E-state index < -0.39 is 0 Å². The molecule has 0 spiro atoms. The van der Waals surface area contributed by atoms with Crippen molar-refractivity contribution in [3.63, 3.8) is 0 Å². The second-order valence-corrected chi connectivity index (χ2v) is 4.95. The molecule has 1 aliphatic rings. The summed E-state index contributed by atoms with van der Waals surface area (Å²) in [6, 6.07) is 4.45. The SMILES string of the molecule is Cn1ccnc1C1CNCCN1Cc1cccnc1. The molecule has 0 amide bonds. The average Bonchev–Trinajstić information content (AvgIpc) is 2.87. The van der Waals surface area contributed by atoms with Gasteiger partial charge in [0.1, 0.15) is 5.82 Å². The number of nitrogens with one attached hydrogen (secondary N) is 1. The molecule has 0 radical (unpaired) electrons. The fourth-order valence-corrected chi connectivity index (χ4v) is 2.61. The summed E-state index contributed by atoms with van der Waals surface area (Å²) < 4.78 is 2.11. The van der Waals surface area contributed by atoms with Crippen LogP contribution in [0.4, 0.5) is 0 Å². The summed E-state index contributed by atoms with van der Waals surface area (Å²) in [6.07, 6.45) is 7.63. The average molecular weight is 257 g/mol. The van der Waals surface area contributed by atoms with Gasteiger partial charge in [-0.2, -0.15) is 0 Å². The standard InChI is InChI=1S/C14H19N5/c1-18-7-6-17-14(18)13-10-16-5-8-19(13)11-12-3-2-4-15-9-12/h2-4,6-7,9,13,16H,5,8,10-11H2,1H3. The van der Waals surface area contributed by atoms with Crippen LogP contribution >= 0.6 is 0 Å². The lowest BCUT2D eigenvalue weighted by Crippen LogP contribution is -2.46. The third-order valence-corrected chi connectivity index (χ3v) is 3.62. The van der Waals surface area contributed by atoms with Crippen LogP contribution in [0.15, 0.2) is 36.9 Å². The van der Waals surface area contributed by atoms with Gasteiger partial charge < -0.3 is 9.88 Å². The Labute approximate surface area is 113 Å². The van der Waals surface area contributed by atoms with Gasteiger partial charge in [0, 0.05) is 58.0 Å². The van der Waals surface area contributed by atoms with Crippen molar-refractivity contribution >= 4 is 0 Å². The lowest BCUT2D eigenvalue weighted by molar-refractivity contribution is 0.144. The fourth-order valence-electron chi connectivity index (χ4n) is 2.61. The van der Waals surface area contributed by atoms with Crippen LogP contribution < -0.4 is 5.32 Å². The Morgan fingerprint density at radius 1 is 1.42 bits per heavy atom. The van der Waals surface area contributed by atoms with Gasteiger partial charge in [0.25, 0.3) is 0 Å². The number of aromatic nitrogens is 3. The Morgan fingerprint density at radius 2 is 2.37 bits per heavy atom. The maximum atomic E-state index is 4.50. The quantitative estimate of drug-likeness (QED) is 0.889. The van der Waals surface area contributed by atoms with Crippen LogP contribution in [0.1, 0.15) is 17.4 Å². The molecule has 100 valence electrons. The molecule has 1 atom stereocenters. The van der Waals surface area contributed by atoms with Gasteiger partial charge in [-0.25, -0.2) is 4.98 Å². The van der Waals surface area contributed by atoms with Gasteiger partial charge in [-0.3, -0.25) is 9.88 Å². The van der Waals surface area contributed by atoms with Gasteiger partial charge in [-0.05, 0) is 11.6 Å². The van der Waals surface area contributed by atoms with Crippen molar-refractivity contribution in [1.82, 2.24) is 24.8 Å². The number of hydrogen-bond acceptors (Lipinski definition) is 4. The first-order chi connectivity index (χ1) is 9.34. The van der Waals surface area contributed by atoms with E-state index in [1.54, 1.807) is 0 Å². The molecular formula is C14H19N5. The van der Waals surface area contributed by atoms with Crippen LogP contribution in [0.25, 0.3) is 0 Å². The number of piperazine rings is 1. The van der Waals surface area contributed by atoms with E-state index in [1.165, 1.54) is 5.56 Å². The largest absolute Gasteiger partial charge is 0.337 e. The van der Waals surface area contributed by atoms with Crippen molar-refractivity contribution < 1.29 is 0 Å². The second-order valence-electron chi connectivity index (χ2n) is 4.95. The van der Waals surface area contributed by atoms with Gasteiger partial charge >= 0.3 is 0 Å². The Hall–Kier alpha value is -1.72. The molecule has 0 bridgehead atoms. The predicted octanol–water partition coefficient (Wildman–Crippen LogP) is 0.962. The fraction of sp³-hybridized carbons (Fsp3) is 0.429. The van der Waals surface area contributed by atoms with Crippen molar-refractivity contribution in [3.05, 3.63) is 48.3 Å². The predicted molar refractivity (Wildman–Crippen MR) is 73.5 cm³/mol. The van der Waals surface area contributed by atoms with E-state index in [-0.39, 0.29) is 0 Å². The normalized spacial score (nSPS) is 20.6. The van der Waals surface area contributed by atoms with Crippen LogP contribution in [0.5, 0.6) is 0 Å². The highest BCUT2D eigenvalue weighted by Gasteiger charge is 2.26. The Bertz CT molecular complexity index is 522. The smallest absolute Gasteiger partial charge is 0.127 e. The molecule has 1 fully saturated rings. The monoisotopic (exact) mass is 257 g/mol. The molecule has 5 nitrogen and oxygen atoms in total. The van der Waals surface area contributed by atoms with Crippen molar-refractivity contribution in [2.24, 2.45) is 7.05 Å². The number of pyridine rings is 1. The van der Waals surface area contributed by atoms with Gasteiger partial charge in [-0.1, -0.05) is 6.07 Å². The maximum Gasteiger partial charge on any atom is 0.127 e. The zero-order chi connectivity index (χ0) is 13.1. The zero-order valence-electron chi connectivity index (χ0n) is 11.2. The van der Waals surface area contributed by atoms with Gasteiger partial charge in [0.2, 0.25) is 0 Å². The van der Waals surface area contributed by atoms with E-state index in [0.29, 0.717) is 6.04 Å². The lowest BCUT2D eigenvalue weighted by Gasteiger charge is -2.35. The van der Waals surface area contributed by atoms with Crippen molar-refractivity contribution in [2.75, 3.05) is 19.6 Å². The second kappa shape index (κ2) is 5.50. The molecule has 1 N–H and O–H groups in total. The van der Waals surface area contributed by atoms with Crippen LogP contribution in [0, 0.1) is 0 Å². The molecule has 2 aromatic heterocycles. The summed E-state index contributed by atoms with van der Waals surface area (Å²) in [7, 11) is 2.05. The van der Waals surface area contributed by atoms with E-state index >= 15 is 0 Å². The number of hydrogen-bond donors (Lipinski definition) is 1. The summed E-state index contributed by atoms with van der Waals surface area (Å²) in [4.78, 5) is 11.2. The first-order valence-electron chi connectivity index (χ1n) is 6.65. The Balaban J connectivity index is 1.80. The minimum Gasteiger partial charge on any atom is -0.337 e. The number of rotatable bonds is 3. The molecular weight excluding hydrogens is 238 g/mol. The van der Waals surface area contributed by atoms with Gasteiger partial charge in [0.05, 0.1) is 6.04 Å². The molecule has 3 rings (SSSR count). The number of aryl methyl sites for hydroxylation is 1. The minimum atomic E-state index is 0.328. The third-order valence-electron chi connectivity index (χ3n) is 3.62. The van der Waals surface area contributed by atoms with Crippen LogP contribution in [0.2, 0.25) is 0 Å². The minimum absolute atomic E-state index is 0.328. The van der Waals surface area contributed by atoms with E-state index in [1.807, 2.05) is 30.9 Å². The summed E-state index contributed by atoms with van der Waals surface area (Å²) in [5.74, 6) is 1.12. The summed E-state index contributed by atoms with van der Waals surface area (Å²) >= 11 is 0. The summed E-state index contributed by atoms with van der Waals surface area (Å²) in [5.41, 5.74) is 1.25. The summed E-state index contributed by atoms with van der Waals surface area (Å²) in [5, 5.41) is 3.46. The molecule has 3 heterocycles. The van der Waals surface area contributed by atoms with Gasteiger partial charge in [-0.15, -0.1) is 0 Å². The topological polar surface area (TPSA) is 46.0 Å². The molecule has 0 aliphatic carbocycles. The van der Waals surface area contributed by atoms with E-state index in [2.05, 4.69) is 37.9 Å². The maximum absolute atomic E-state index is 4.50. The molecule has 5 heteroatoms. The number of imidazole rings is 1. The molecule has 1 saturated heterocycles. The Morgan fingerprint density at radius 3 is 3.11 bits per heavy atom. The zero-order valence-corrected chi connectivity index (χ0v) is 11.2. The molecule has 2 aromatic rings. The Kier molecular flexibility index (Phi) is 3.57.